The highest BCUT2D eigenvalue weighted by atomic mass is 32.2. The summed E-state index contributed by atoms with van der Waals surface area (Å²) in [6, 6.07) is 17.1. The minimum absolute atomic E-state index is 0.260. The van der Waals surface area contributed by atoms with Gasteiger partial charge in [0.1, 0.15) is 0 Å². The number of hydrogen-bond acceptors (Lipinski definition) is 4. The number of nitrogens with zero attached hydrogens (tertiary/aromatic N) is 2. The summed E-state index contributed by atoms with van der Waals surface area (Å²) in [4.78, 5) is 6.88. The smallest absolute Gasteiger partial charge is 0.240 e. The molecule has 3 rings (SSSR count). The Balaban J connectivity index is 1.48. The van der Waals surface area contributed by atoms with Crippen molar-refractivity contribution in [1.82, 2.24) is 14.9 Å². The molecule has 162 valence electrons. The Morgan fingerprint density at radius 2 is 1.93 bits per heavy atom. The van der Waals surface area contributed by atoms with Gasteiger partial charge < -0.3 is 15.0 Å². The van der Waals surface area contributed by atoms with Gasteiger partial charge in [-0.1, -0.05) is 42.5 Å². The van der Waals surface area contributed by atoms with Crippen LogP contribution in [0, 0.1) is 5.92 Å². The third-order valence-corrected chi connectivity index (χ3v) is 6.60. The van der Waals surface area contributed by atoms with Gasteiger partial charge in [0, 0.05) is 32.6 Å². The van der Waals surface area contributed by atoms with Crippen LogP contribution in [0.1, 0.15) is 17.5 Å². The molecule has 8 heteroatoms. The Hall–Kier alpha value is -2.42. The Bertz CT molecular complexity index is 948. The molecule has 30 heavy (non-hydrogen) atoms. The summed E-state index contributed by atoms with van der Waals surface area (Å²) >= 11 is 0. The molecule has 0 amide bonds. The molecule has 1 atom stereocenters. The lowest BCUT2D eigenvalue weighted by molar-refractivity contribution is 0.0906. The maximum atomic E-state index is 12.0. The van der Waals surface area contributed by atoms with Crippen LogP contribution >= 0.6 is 0 Å². The summed E-state index contributed by atoms with van der Waals surface area (Å²) in [6.45, 7) is 3.68. The number of aliphatic imine (C=N–C) groups is 1. The number of likely N-dealkylation sites (tertiary alicyclic amines) is 1. The molecule has 2 N–H and O–H groups in total. The molecule has 1 saturated heterocycles. The van der Waals surface area contributed by atoms with Gasteiger partial charge in [-0.3, -0.25) is 4.99 Å². The second-order valence-corrected chi connectivity index (χ2v) is 9.24. The lowest BCUT2D eigenvalue weighted by atomic mass is 10.1. The number of rotatable bonds is 8. The van der Waals surface area contributed by atoms with Crippen molar-refractivity contribution in [2.75, 3.05) is 33.8 Å². The van der Waals surface area contributed by atoms with E-state index in [4.69, 9.17) is 4.74 Å². The van der Waals surface area contributed by atoms with E-state index in [1.165, 1.54) is 12.6 Å². The lowest BCUT2D eigenvalue weighted by Gasteiger charge is -2.22. The van der Waals surface area contributed by atoms with Crippen LogP contribution in [-0.2, 0) is 27.9 Å². The molecule has 1 fully saturated rings. The van der Waals surface area contributed by atoms with E-state index in [9.17, 15) is 8.42 Å². The van der Waals surface area contributed by atoms with Gasteiger partial charge >= 0.3 is 0 Å². The predicted molar refractivity (Wildman–Crippen MR) is 119 cm³/mol. The summed E-state index contributed by atoms with van der Waals surface area (Å²) in [5.41, 5.74) is 2.07. The predicted octanol–water partition coefficient (Wildman–Crippen LogP) is 2.21. The van der Waals surface area contributed by atoms with Crippen molar-refractivity contribution in [3.05, 3.63) is 65.7 Å². The maximum Gasteiger partial charge on any atom is 0.240 e. The lowest BCUT2D eigenvalue weighted by Crippen LogP contribution is -2.39. The van der Waals surface area contributed by atoms with Gasteiger partial charge in [0.15, 0.2) is 5.96 Å². The summed E-state index contributed by atoms with van der Waals surface area (Å²) < 4.78 is 32.2. The van der Waals surface area contributed by atoms with E-state index in [2.05, 4.69) is 32.1 Å². The van der Waals surface area contributed by atoms with Crippen LogP contribution in [0.4, 0.5) is 0 Å². The van der Waals surface area contributed by atoms with Crippen LogP contribution < -0.4 is 10.0 Å². The normalized spacial score (nSPS) is 17.3. The fourth-order valence-electron chi connectivity index (χ4n) is 3.53. The molecule has 1 heterocycles. The Kier molecular flexibility index (Phi) is 7.84. The number of ether oxygens (including phenoxy) is 1. The monoisotopic (exact) mass is 430 g/mol. The Morgan fingerprint density at radius 3 is 2.67 bits per heavy atom. The van der Waals surface area contributed by atoms with E-state index in [1.54, 1.807) is 25.2 Å². The third kappa shape index (κ3) is 6.04. The summed E-state index contributed by atoms with van der Waals surface area (Å²) in [5, 5.41) is 3.35. The van der Waals surface area contributed by atoms with Crippen molar-refractivity contribution in [3.63, 3.8) is 0 Å². The van der Waals surface area contributed by atoms with E-state index in [-0.39, 0.29) is 4.90 Å². The standard InChI is InChI=1S/C22H30N4O3S/c1-23-22(25-14-19-9-6-10-21(13-19)30(27,28)24-2)26-12-11-20(15-26)17-29-16-18-7-4-3-5-8-18/h3-10,13,20,24H,11-12,14-17H2,1-2H3,(H,23,25). The van der Waals surface area contributed by atoms with Crippen LogP contribution in [0.25, 0.3) is 0 Å². The van der Waals surface area contributed by atoms with Gasteiger partial charge in [-0.25, -0.2) is 13.1 Å². The first-order valence-corrected chi connectivity index (χ1v) is 11.6. The topological polar surface area (TPSA) is 83.0 Å². The third-order valence-electron chi connectivity index (χ3n) is 5.19. The molecule has 0 aliphatic carbocycles. The number of nitrogens with one attached hydrogen (secondary N) is 2. The van der Waals surface area contributed by atoms with Crippen LogP contribution in [-0.4, -0.2) is 53.1 Å². The molecule has 0 radical (unpaired) electrons. The molecule has 0 bridgehead atoms. The number of sulfonamides is 1. The average molecular weight is 431 g/mol. The minimum Gasteiger partial charge on any atom is -0.376 e. The van der Waals surface area contributed by atoms with E-state index in [1.807, 2.05) is 24.3 Å². The molecule has 1 aliphatic rings. The molecular formula is C22H30N4O3S. The summed E-state index contributed by atoms with van der Waals surface area (Å²) in [7, 11) is -0.270. The fourth-order valence-corrected chi connectivity index (χ4v) is 4.33. The second kappa shape index (κ2) is 10.6. The van der Waals surface area contributed by atoms with E-state index in [0.29, 0.717) is 19.1 Å². The number of hydrogen-bond donors (Lipinski definition) is 2. The Morgan fingerprint density at radius 1 is 1.17 bits per heavy atom. The zero-order valence-corrected chi connectivity index (χ0v) is 18.4. The van der Waals surface area contributed by atoms with E-state index in [0.717, 1.165) is 37.6 Å². The Labute approximate surface area is 179 Å². The first kappa shape index (κ1) is 22.3. The molecular weight excluding hydrogens is 400 g/mol. The maximum absolute atomic E-state index is 12.0. The van der Waals surface area contributed by atoms with Gasteiger partial charge in [-0.15, -0.1) is 0 Å². The largest absolute Gasteiger partial charge is 0.376 e. The van der Waals surface area contributed by atoms with Crippen LogP contribution in [0.5, 0.6) is 0 Å². The van der Waals surface area contributed by atoms with Gasteiger partial charge in [-0.2, -0.15) is 0 Å². The summed E-state index contributed by atoms with van der Waals surface area (Å²) in [5.74, 6) is 1.29. The van der Waals surface area contributed by atoms with E-state index >= 15 is 0 Å². The van der Waals surface area contributed by atoms with Crippen LogP contribution in [0.15, 0.2) is 64.5 Å². The van der Waals surface area contributed by atoms with Crippen LogP contribution in [0.3, 0.4) is 0 Å². The molecule has 0 saturated carbocycles. The summed E-state index contributed by atoms with van der Waals surface area (Å²) in [6.07, 6.45) is 1.06. The molecule has 7 nitrogen and oxygen atoms in total. The molecule has 2 aromatic rings. The molecule has 0 spiro atoms. The number of guanidine groups is 1. The average Bonchev–Trinajstić information content (AvgIpc) is 3.24. The highest BCUT2D eigenvalue weighted by Crippen LogP contribution is 2.18. The number of benzene rings is 2. The van der Waals surface area contributed by atoms with Crippen molar-refractivity contribution in [2.24, 2.45) is 10.9 Å². The first-order chi connectivity index (χ1) is 14.5. The molecule has 1 aliphatic heterocycles. The molecule has 0 aromatic heterocycles. The molecule has 2 aromatic carbocycles. The first-order valence-electron chi connectivity index (χ1n) is 10.1. The fraction of sp³-hybridized carbons (Fsp3) is 0.409. The van der Waals surface area contributed by atoms with Gasteiger partial charge in [0.25, 0.3) is 0 Å². The quantitative estimate of drug-likeness (QED) is 0.496. The van der Waals surface area contributed by atoms with Crippen molar-refractivity contribution in [2.45, 2.75) is 24.5 Å². The van der Waals surface area contributed by atoms with Crippen molar-refractivity contribution < 1.29 is 13.2 Å². The zero-order chi connectivity index (χ0) is 21.4. The second-order valence-electron chi connectivity index (χ2n) is 7.36. The highest BCUT2D eigenvalue weighted by Gasteiger charge is 2.25. The molecule has 1 unspecified atom stereocenters. The van der Waals surface area contributed by atoms with Gasteiger partial charge in [0.2, 0.25) is 10.0 Å². The SMILES string of the molecule is CN=C(NCc1cccc(S(=O)(=O)NC)c1)N1CCC(COCc2ccccc2)C1. The van der Waals surface area contributed by atoms with Crippen LogP contribution in [0.2, 0.25) is 0 Å². The van der Waals surface area contributed by atoms with Crippen molar-refractivity contribution >= 4 is 16.0 Å². The van der Waals surface area contributed by atoms with E-state index < -0.39 is 10.0 Å². The van der Waals surface area contributed by atoms with Crippen molar-refractivity contribution in [1.29, 1.82) is 0 Å². The van der Waals surface area contributed by atoms with Gasteiger partial charge in [0.05, 0.1) is 18.1 Å². The van der Waals surface area contributed by atoms with Crippen molar-refractivity contribution in [3.8, 4) is 0 Å². The highest BCUT2D eigenvalue weighted by molar-refractivity contribution is 7.89. The van der Waals surface area contributed by atoms with Gasteiger partial charge in [-0.05, 0) is 36.7 Å². The minimum atomic E-state index is -3.45. The zero-order valence-electron chi connectivity index (χ0n) is 17.5.